The van der Waals surface area contributed by atoms with Gasteiger partial charge in [0.1, 0.15) is 11.8 Å². The van der Waals surface area contributed by atoms with E-state index in [0.717, 1.165) is 29.5 Å². The van der Waals surface area contributed by atoms with Crippen LogP contribution in [0.25, 0.3) is 10.2 Å². The summed E-state index contributed by atoms with van der Waals surface area (Å²) in [4.78, 5) is 28.4. The molecule has 0 bridgehead atoms. The molecule has 0 spiro atoms. The molecule has 1 heterocycles. The molecule has 2 aromatic carbocycles. The fraction of sp³-hybridized carbons (Fsp3) is 0.250. The SMILES string of the molecule is CCC(C(=O)O)n1c(=NC(=O)c2cccc(C(F)(F)F)c2)sc2cc(OC)ccc21. The Bertz CT molecular complexity index is 1180. The molecule has 1 atom stereocenters. The molecule has 3 aromatic rings. The maximum absolute atomic E-state index is 13.0. The average molecular weight is 438 g/mol. The maximum atomic E-state index is 13.0. The summed E-state index contributed by atoms with van der Waals surface area (Å²) >= 11 is 1.06. The van der Waals surface area contributed by atoms with Crippen LogP contribution in [-0.2, 0) is 11.0 Å². The number of nitrogens with zero attached hydrogens (tertiary/aromatic N) is 2. The summed E-state index contributed by atoms with van der Waals surface area (Å²) in [5.41, 5.74) is -0.671. The minimum atomic E-state index is -4.60. The molecule has 1 aromatic heterocycles. The average Bonchev–Trinajstić information content (AvgIpc) is 3.04. The van der Waals surface area contributed by atoms with Crippen molar-refractivity contribution in [3.63, 3.8) is 0 Å². The standard InChI is InChI=1S/C20H17F3N2O4S/c1-3-14(18(27)28)25-15-8-7-13(29-2)10-16(15)30-19(25)24-17(26)11-5-4-6-12(9-11)20(21,22)23/h4-10,14H,3H2,1-2H3,(H,27,28). The monoisotopic (exact) mass is 438 g/mol. The van der Waals surface area contributed by atoms with Crippen molar-refractivity contribution in [3.05, 3.63) is 58.4 Å². The second kappa shape index (κ2) is 8.31. The number of carbonyl (C=O) groups is 2. The number of carboxylic acids is 1. The third kappa shape index (κ3) is 4.23. The third-order valence-electron chi connectivity index (χ3n) is 4.45. The van der Waals surface area contributed by atoms with E-state index in [9.17, 15) is 27.9 Å². The normalized spacial score (nSPS) is 13.4. The van der Waals surface area contributed by atoms with Crippen molar-refractivity contribution in [2.75, 3.05) is 7.11 Å². The van der Waals surface area contributed by atoms with E-state index in [0.29, 0.717) is 16.0 Å². The number of hydrogen-bond donors (Lipinski definition) is 1. The molecule has 158 valence electrons. The molecule has 1 N–H and O–H groups in total. The Morgan fingerprint density at radius 3 is 2.57 bits per heavy atom. The Labute approximate surface area is 172 Å². The molecular weight excluding hydrogens is 421 g/mol. The smallest absolute Gasteiger partial charge is 0.416 e. The zero-order valence-electron chi connectivity index (χ0n) is 15.9. The first-order valence-electron chi connectivity index (χ1n) is 8.84. The molecule has 6 nitrogen and oxygen atoms in total. The van der Waals surface area contributed by atoms with Crippen molar-refractivity contribution in [2.45, 2.75) is 25.6 Å². The first kappa shape index (κ1) is 21.6. The van der Waals surface area contributed by atoms with Crippen LogP contribution >= 0.6 is 11.3 Å². The number of aromatic nitrogens is 1. The van der Waals surface area contributed by atoms with Crippen molar-refractivity contribution >= 4 is 33.4 Å². The largest absolute Gasteiger partial charge is 0.497 e. The quantitative estimate of drug-likeness (QED) is 0.636. The number of carboxylic acid groups (broad SMARTS) is 1. The van der Waals surface area contributed by atoms with Gasteiger partial charge in [-0.25, -0.2) is 4.79 Å². The Hall–Kier alpha value is -3.14. The van der Waals surface area contributed by atoms with E-state index in [1.807, 2.05) is 0 Å². The summed E-state index contributed by atoms with van der Waals surface area (Å²) in [5, 5.41) is 9.61. The lowest BCUT2D eigenvalue weighted by Crippen LogP contribution is -2.27. The number of methoxy groups -OCH3 is 1. The van der Waals surface area contributed by atoms with Crippen molar-refractivity contribution in [2.24, 2.45) is 4.99 Å². The van der Waals surface area contributed by atoms with Crippen LogP contribution in [0.15, 0.2) is 47.5 Å². The molecule has 3 rings (SSSR count). The minimum Gasteiger partial charge on any atom is -0.497 e. The number of rotatable bonds is 5. The second-order valence-corrected chi connectivity index (χ2v) is 7.36. The fourth-order valence-corrected chi connectivity index (χ4v) is 4.07. The second-order valence-electron chi connectivity index (χ2n) is 6.35. The summed E-state index contributed by atoms with van der Waals surface area (Å²) in [6, 6.07) is 7.93. The van der Waals surface area contributed by atoms with Gasteiger partial charge in [-0.1, -0.05) is 24.3 Å². The van der Waals surface area contributed by atoms with Crippen molar-refractivity contribution in [3.8, 4) is 5.75 Å². The number of aliphatic carboxylic acids is 1. The van der Waals surface area contributed by atoms with Gasteiger partial charge in [-0.3, -0.25) is 4.79 Å². The van der Waals surface area contributed by atoms with E-state index in [1.54, 1.807) is 25.1 Å². The van der Waals surface area contributed by atoms with Gasteiger partial charge in [0.05, 0.1) is 22.9 Å². The summed E-state index contributed by atoms with van der Waals surface area (Å²) in [5.74, 6) is -1.47. The highest BCUT2D eigenvalue weighted by Gasteiger charge is 2.31. The molecule has 0 aliphatic heterocycles. The molecule has 1 unspecified atom stereocenters. The lowest BCUT2D eigenvalue weighted by Gasteiger charge is -2.13. The maximum Gasteiger partial charge on any atom is 0.416 e. The van der Waals surface area contributed by atoms with Crippen LogP contribution < -0.4 is 9.54 Å². The van der Waals surface area contributed by atoms with Gasteiger partial charge < -0.3 is 14.4 Å². The van der Waals surface area contributed by atoms with Crippen molar-refractivity contribution in [1.29, 1.82) is 0 Å². The van der Waals surface area contributed by atoms with Crippen LogP contribution in [0.2, 0.25) is 0 Å². The molecule has 0 saturated heterocycles. The highest BCUT2D eigenvalue weighted by atomic mass is 32.1. The van der Waals surface area contributed by atoms with Gasteiger partial charge in [-0.2, -0.15) is 18.2 Å². The number of halogens is 3. The molecule has 0 aliphatic carbocycles. The Kier molecular flexibility index (Phi) is 5.97. The minimum absolute atomic E-state index is 0.0786. The van der Waals surface area contributed by atoms with Gasteiger partial charge in [0.2, 0.25) is 0 Å². The van der Waals surface area contributed by atoms with Crippen LogP contribution in [0.1, 0.15) is 35.3 Å². The van der Waals surface area contributed by atoms with Gasteiger partial charge in [0, 0.05) is 5.56 Å². The van der Waals surface area contributed by atoms with Crippen LogP contribution in [0, 0.1) is 0 Å². The summed E-state index contributed by atoms with van der Waals surface area (Å²) in [7, 11) is 1.48. The van der Waals surface area contributed by atoms with Gasteiger partial charge >= 0.3 is 12.1 Å². The lowest BCUT2D eigenvalue weighted by atomic mass is 10.1. The predicted octanol–water partition coefficient (Wildman–Crippen LogP) is 4.51. The Balaban J connectivity index is 2.20. The number of carbonyl (C=O) groups excluding carboxylic acids is 1. The fourth-order valence-electron chi connectivity index (χ4n) is 2.98. The molecule has 0 fully saturated rings. The van der Waals surface area contributed by atoms with Crippen LogP contribution in [0.5, 0.6) is 5.75 Å². The number of benzene rings is 2. The van der Waals surface area contributed by atoms with Gasteiger partial charge in [0.25, 0.3) is 5.91 Å². The summed E-state index contributed by atoms with van der Waals surface area (Å²) in [6.07, 6.45) is -4.38. The molecule has 0 saturated carbocycles. The zero-order valence-corrected chi connectivity index (χ0v) is 16.8. The summed E-state index contributed by atoms with van der Waals surface area (Å²) in [6.45, 7) is 1.68. The highest BCUT2D eigenvalue weighted by molar-refractivity contribution is 7.16. The number of amides is 1. The highest BCUT2D eigenvalue weighted by Crippen LogP contribution is 2.30. The van der Waals surface area contributed by atoms with Gasteiger partial charge in [-0.15, -0.1) is 0 Å². The first-order chi connectivity index (χ1) is 14.2. The van der Waals surface area contributed by atoms with E-state index in [1.165, 1.54) is 17.7 Å². The van der Waals surface area contributed by atoms with Crippen LogP contribution in [0.3, 0.4) is 0 Å². The number of hydrogen-bond acceptors (Lipinski definition) is 4. The number of fused-ring (bicyclic) bond motifs is 1. The van der Waals surface area contributed by atoms with Gasteiger partial charge in [0.15, 0.2) is 4.80 Å². The van der Waals surface area contributed by atoms with E-state index >= 15 is 0 Å². The van der Waals surface area contributed by atoms with E-state index in [-0.39, 0.29) is 16.8 Å². The molecule has 30 heavy (non-hydrogen) atoms. The van der Waals surface area contributed by atoms with E-state index < -0.39 is 29.7 Å². The topological polar surface area (TPSA) is 80.9 Å². The Morgan fingerprint density at radius 2 is 1.97 bits per heavy atom. The Morgan fingerprint density at radius 1 is 1.23 bits per heavy atom. The van der Waals surface area contributed by atoms with Crippen LogP contribution in [0.4, 0.5) is 13.2 Å². The molecule has 0 radical (unpaired) electrons. The van der Waals surface area contributed by atoms with Crippen LogP contribution in [-0.4, -0.2) is 28.7 Å². The van der Waals surface area contributed by atoms with E-state index in [4.69, 9.17) is 4.74 Å². The predicted molar refractivity (Wildman–Crippen MR) is 105 cm³/mol. The molecule has 10 heteroatoms. The number of alkyl halides is 3. The van der Waals surface area contributed by atoms with Gasteiger partial charge in [-0.05, 0) is 42.8 Å². The van der Waals surface area contributed by atoms with Crippen molar-refractivity contribution < 1.29 is 32.6 Å². The summed E-state index contributed by atoms with van der Waals surface area (Å²) < 4.78 is 46.1. The van der Waals surface area contributed by atoms with Crippen molar-refractivity contribution in [1.82, 2.24) is 4.57 Å². The molecule has 0 aliphatic rings. The molecule has 1 amide bonds. The van der Waals surface area contributed by atoms with E-state index in [2.05, 4.69) is 4.99 Å². The lowest BCUT2D eigenvalue weighted by molar-refractivity contribution is -0.141. The number of ether oxygens (including phenoxy) is 1. The first-order valence-corrected chi connectivity index (χ1v) is 9.65. The third-order valence-corrected chi connectivity index (χ3v) is 5.47. The molecular formula is C20H17F3N2O4S. The number of thiazole rings is 1. The zero-order chi connectivity index (χ0) is 22.1.